The molecule has 0 amide bonds. The minimum Gasteiger partial charge on any atom is -0.319 e. The van der Waals surface area contributed by atoms with Crippen LogP contribution in [0.4, 0.5) is 0 Å². The summed E-state index contributed by atoms with van der Waals surface area (Å²) in [5.41, 5.74) is 0.452. The van der Waals surface area contributed by atoms with Crippen LogP contribution >= 0.6 is 0 Å². The molecule has 1 aliphatic heterocycles. The molecule has 0 aromatic heterocycles. The molecule has 0 aromatic carbocycles. The van der Waals surface area contributed by atoms with Crippen molar-refractivity contribution in [3.05, 3.63) is 0 Å². The van der Waals surface area contributed by atoms with Crippen LogP contribution in [0.25, 0.3) is 0 Å². The molecule has 3 heteroatoms. The second-order valence-corrected chi connectivity index (χ2v) is 6.35. The average molecular weight is 255 g/mol. The van der Waals surface area contributed by atoms with E-state index in [9.17, 15) is 0 Å². The van der Waals surface area contributed by atoms with E-state index < -0.39 is 0 Å². The second-order valence-electron chi connectivity index (χ2n) is 6.35. The zero-order valence-electron chi connectivity index (χ0n) is 13.1. The molecule has 0 aliphatic carbocycles. The van der Waals surface area contributed by atoms with Gasteiger partial charge in [-0.25, -0.2) is 0 Å². The van der Waals surface area contributed by atoms with Crippen LogP contribution in [-0.4, -0.2) is 63.7 Å². The van der Waals surface area contributed by atoms with Crippen LogP contribution in [-0.2, 0) is 0 Å². The largest absolute Gasteiger partial charge is 0.319 e. The van der Waals surface area contributed by atoms with Gasteiger partial charge in [0.05, 0.1) is 0 Å². The van der Waals surface area contributed by atoms with Crippen molar-refractivity contribution in [3.63, 3.8) is 0 Å². The van der Waals surface area contributed by atoms with Gasteiger partial charge in [0.2, 0.25) is 0 Å². The lowest BCUT2D eigenvalue weighted by Gasteiger charge is -2.36. The van der Waals surface area contributed by atoms with Gasteiger partial charge in [0, 0.05) is 26.2 Å². The maximum Gasteiger partial charge on any atom is 0.00470 e. The molecule has 18 heavy (non-hydrogen) atoms. The van der Waals surface area contributed by atoms with Gasteiger partial charge < -0.3 is 15.1 Å². The topological polar surface area (TPSA) is 18.5 Å². The van der Waals surface area contributed by atoms with E-state index in [1.54, 1.807) is 0 Å². The highest BCUT2D eigenvalue weighted by atomic mass is 15.2. The number of nitrogens with zero attached hydrogens (tertiary/aromatic N) is 2. The van der Waals surface area contributed by atoms with Crippen molar-refractivity contribution in [2.45, 2.75) is 33.1 Å². The highest BCUT2D eigenvalue weighted by Crippen LogP contribution is 2.27. The zero-order chi connectivity index (χ0) is 13.6. The molecule has 0 aromatic rings. The summed E-state index contributed by atoms with van der Waals surface area (Å²) in [6.07, 6.45) is 3.90. The van der Waals surface area contributed by atoms with E-state index in [1.807, 2.05) is 0 Å². The van der Waals surface area contributed by atoms with Gasteiger partial charge in [-0.05, 0) is 58.3 Å². The fraction of sp³-hybridized carbons (Fsp3) is 1.00. The zero-order valence-corrected chi connectivity index (χ0v) is 13.1. The Kier molecular flexibility index (Phi) is 6.61. The van der Waals surface area contributed by atoms with E-state index in [1.165, 1.54) is 45.4 Å². The van der Waals surface area contributed by atoms with Crippen LogP contribution in [0, 0.1) is 11.3 Å². The molecule has 1 atom stereocenters. The summed E-state index contributed by atoms with van der Waals surface area (Å²) in [5, 5.41) is 3.38. The van der Waals surface area contributed by atoms with E-state index in [0.29, 0.717) is 5.41 Å². The van der Waals surface area contributed by atoms with Gasteiger partial charge in [-0.1, -0.05) is 13.8 Å². The van der Waals surface area contributed by atoms with E-state index >= 15 is 0 Å². The molecular weight excluding hydrogens is 222 g/mol. The van der Waals surface area contributed by atoms with Crippen LogP contribution in [0.3, 0.4) is 0 Å². The lowest BCUT2D eigenvalue weighted by atomic mass is 9.81. The lowest BCUT2D eigenvalue weighted by Crippen LogP contribution is -2.43. The van der Waals surface area contributed by atoms with Crippen LogP contribution in [0.1, 0.15) is 33.1 Å². The predicted octanol–water partition coefficient (Wildman–Crippen LogP) is 1.90. The Bertz CT molecular complexity index is 226. The highest BCUT2D eigenvalue weighted by Gasteiger charge is 2.28. The van der Waals surface area contributed by atoms with E-state index in [4.69, 9.17) is 0 Å². The van der Waals surface area contributed by atoms with E-state index in [2.05, 4.69) is 50.1 Å². The van der Waals surface area contributed by atoms with Crippen LogP contribution in [0.2, 0.25) is 0 Å². The fourth-order valence-corrected chi connectivity index (χ4v) is 3.41. The number of likely N-dealkylation sites (tertiary alicyclic amines) is 1. The summed E-state index contributed by atoms with van der Waals surface area (Å²) in [6.45, 7) is 10.8. The number of hydrogen-bond donors (Lipinski definition) is 1. The van der Waals surface area contributed by atoms with Crippen molar-refractivity contribution >= 4 is 0 Å². The molecule has 1 fully saturated rings. The molecule has 3 nitrogen and oxygen atoms in total. The standard InChI is InChI=1S/C15H33N3/c1-6-15(7-2,12-16-3)13-18(5)11-14-8-9-17(4)10-14/h14,16H,6-13H2,1-5H3. The molecule has 1 aliphatic rings. The number of nitrogens with one attached hydrogen (secondary N) is 1. The minimum absolute atomic E-state index is 0.452. The molecule has 1 saturated heterocycles. The van der Waals surface area contributed by atoms with Crippen molar-refractivity contribution < 1.29 is 0 Å². The third-order valence-electron chi connectivity index (χ3n) is 4.72. The molecule has 0 bridgehead atoms. The Balaban J connectivity index is 2.43. The smallest absolute Gasteiger partial charge is 0.00470 e. The molecule has 1 N–H and O–H groups in total. The van der Waals surface area contributed by atoms with Crippen LogP contribution < -0.4 is 5.32 Å². The van der Waals surface area contributed by atoms with Gasteiger partial charge in [0.25, 0.3) is 0 Å². The first-order valence-electron chi connectivity index (χ1n) is 7.57. The Hall–Kier alpha value is -0.120. The Morgan fingerprint density at radius 3 is 2.44 bits per heavy atom. The Morgan fingerprint density at radius 1 is 1.33 bits per heavy atom. The molecule has 1 heterocycles. The third kappa shape index (κ3) is 4.52. The summed E-state index contributed by atoms with van der Waals surface area (Å²) in [5.74, 6) is 0.876. The first-order valence-corrected chi connectivity index (χ1v) is 7.57. The average Bonchev–Trinajstić information content (AvgIpc) is 2.74. The fourth-order valence-electron chi connectivity index (χ4n) is 3.41. The van der Waals surface area contributed by atoms with Gasteiger partial charge in [0.1, 0.15) is 0 Å². The molecule has 0 saturated carbocycles. The number of rotatable bonds is 8. The van der Waals surface area contributed by atoms with Crippen LogP contribution in [0.15, 0.2) is 0 Å². The second kappa shape index (κ2) is 7.46. The highest BCUT2D eigenvalue weighted by molar-refractivity contribution is 4.83. The van der Waals surface area contributed by atoms with Gasteiger partial charge in [-0.15, -0.1) is 0 Å². The first kappa shape index (κ1) is 15.9. The summed E-state index contributed by atoms with van der Waals surface area (Å²) in [4.78, 5) is 5.02. The van der Waals surface area contributed by atoms with Gasteiger partial charge >= 0.3 is 0 Å². The molecule has 1 rings (SSSR count). The van der Waals surface area contributed by atoms with E-state index in [-0.39, 0.29) is 0 Å². The van der Waals surface area contributed by atoms with Crippen LogP contribution in [0.5, 0.6) is 0 Å². The normalized spacial score (nSPS) is 22.0. The SMILES string of the molecule is CCC(CC)(CNC)CN(C)CC1CCN(C)C1. The molecular formula is C15H33N3. The summed E-state index contributed by atoms with van der Waals surface area (Å²) in [6, 6.07) is 0. The van der Waals surface area contributed by atoms with E-state index in [0.717, 1.165) is 12.5 Å². The monoisotopic (exact) mass is 255 g/mol. The maximum absolute atomic E-state index is 3.38. The molecule has 108 valence electrons. The van der Waals surface area contributed by atoms with Crippen molar-refractivity contribution in [2.75, 3.05) is 53.9 Å². The minimum atomic E-state index is 0.452. The predicted molar refractivity (Wildman–Crippen MR) is 80.0 cm³/mol. The van der Waals surface area contributed by atoms with Crippen molar-refractivity contribution in [1.82, 2.24) is 15.1 Å². The molecule has 1 unspecified atom stereocenters. The molecule has 0 spiro atoms. The lowest BCUT2D eigenvalue weighted by molar-refractivity contribution is 0.144. The quantitative estimate of drug-likeness (QED) is 0.714. The van der Waals surface area contributed by atoms with Gasteiger partial charge in [-0.2, -0.15) is 0 Å². The Labute approximate surface area is 114 Å². The summed E-state index contributed by atoms with van der Waals surface area (Å²) >= 11 is 0. The molecule has 0 radical (unpaired) electrons. The third-order valence-corrected chi connectivity index (χ3v) is 4.72. The number of hydrogen-bond acceptors (Lipinski definition) is 3. The van der Waals surface area contributed by atoms with Crippen molar-refractivity contribution in [1.29, 1.82) is 0 Å². The summed E-state index contributed by atoms with van der Waals surface area (Å²) < 4.78 is 0. The first-order chi connectivity index (χ1) is 8.55. The van der Waals surface area contributed by atoms with Gasteiger partial charge in [-0.3, -0.25) is 0 Å². The van der Waals surface area contributed by atoms with Crippen molar-refractivity contribution in [3.8, 4) is 0 Å². The maximum atomic E-state index is 3.38. The summed E-state index contributed by atoms with van der Waals surface area (Å²) in [7, 11) is 6.61. The van der Waals surface area contributed by atoms with Gasteiger partial charge in [0.15, 0.2) is 0 Å². The van der Waals surface area contributed by atoms with Crippen molar-refractivity contribution in [2.24, 2.45) is 11.3 Å². The Morgan fingerprint density at radius 2 is 2.00 bits per heavy atom.